The van der Waals surface area contributed by atoms with Gasteiger partial charge in [0.1, 0.15) is 29.8 Å². The Kier molecular flexibility index (Phi) is 9.04. The molecule has 0 radical (unpaired) electrons. The van der Waals surface area contributed by atoms with Crippen molar-refractivity contribution in [3.8, 4) is 5.75 Å². The molecule has 2 saturated heterocycles. The number of carbonyl (C=O) groups is 3. The van der Waals surface area contributed by atoms with Crippen LogP contribution in [0.15, 0.2) is 53.1 Å². The second-order valence-corrected chi connectivity index (χ2v) is 12.1. The van der Waals surface area contributed by atoms with Crippen LogP contribution in [-0.4, -0.2) is 83.8 Å². The van der Waals surface area contributed by atoms with Gasteiger partial charge in [0.2, 0.25) is 5.91 Å². The number of ether oxygens (including phenoxy) is 2. The summed E-state index contributed by atoms with van der Waals surface area (Å²) in [6, 6.07) is 14.8. The zero-order valence-corrected chi connectivity index (χ0v) is 25.9. The van der Waals surface area contributed by atoms with Crippen LogP contribution in [0.25, 0.3) is 0 Å². The highest BCUT2D eigenvalue weighted by Gasteiger charge is 2.39. The number of aromatic nitrogens is 1. The van der Waals surface area contributed by atoms with Crippen LogP contribution in [-0.2, 0) is 16.1 Å². The van der Waals surface area contributed by atoms with Gasteiger partial charge in [-0.25, -0.2) is 4.79 Å². The highest BCUT2D eigenvalue weighted by atomic mass is 16.5. The smallest absolute Gasteiger partial charge is 0.323 e. The van der Waals surface area contributed by atoms with Gasteiger partial charge < -0.3 is 34.8 Å². The monoisotopic (exact) mass is 616 g/mol. The lowest BCUT2D eigenvalue weighted by molar-refractivity contribution is -0.134. The van der Waals surface area contributed by atoms with Crippen LogP contribution in [0.4, 0.5) is 16.2 Å². The molecule has 12 nitrogen and oxygen atoms in total. The van der Waals surface area contributed by atoms with Crippen molar-refractivity contribution in [2.45, 2.75) is 70.4 Å². The molecule has 0 bridgehead atoms. The first kappa shape index (κ1) is 30.6. The van der Waals surface area contributed by atoms with Crippen molar-refractivity contribution in [2.75, 3.05) is 37.4 Å². The van der Waals surface area contributed by atoms with Crippen molar-refractivity contribution in [1.82, 2.24) is 20.3 Å². The molecule has 238 valence electrons. The number of aryl methyl sites for hydroxylation is 2. The molecule has 3 aliphatic rings. The van der Waals surface area contributed by atoms with Crippen LogP contribution in [0.1, 0.15) is 53.1 Å². The van der Waals surface area contributed by atoms with Gasteiger partial charge in [-0.15, -0.1) is 0 Å². The summed E-state index contributed by atoms with van der Waals surface area (Å²) in [6.45, 7) is 6.36. The molecule has 0 aliphatic carbocycles. The number of carbonyl (C=O) groups excluding carboxylic acids is 3. The molecule has 4 amide bonds. The molecular formula is C33H40N6O6. The molecule has 3 N–H and O–H groups in total. The zero-order chi connectivity index (χ0) is 31.5. The third-order valence-corrected chi connectivity index (χ3v) is 8.84. The summed E-state index contributed by atoms with van der Waals surface area (Å²) in [6.07, 6.45) is 1.94. The van der Waals surface area contributed by atoms with E-state index in [1.807, 2.05) is 18.2 Å². The van der Waals surface area contributed by atoms with E-state index in [1.165, 1.54) is 5.56 Å². The van der Waals surface area contributed by atoms with E-state index >= 15 is 0 Å². The molecule has 0 saturated carbocycles. The molecule has 45 heavy (non-hydrogen) atoms. The topological polar surface area (TPSA) is 138 Å². The van der Waals surface area contributed by atoms with Crippen LogP contribution in [0, 0.1) is 13.8 Å². The summed E-state index contributed by atoms with van der Waals surface area (Å²) in [5.41, 5.74) is 3.14. The fourth-order valence-electron chi connectivity index (χ4n) is 6.47. The van der Waals surface area contributed by atoms with E-state index in [1.54, 1.807) is 44.0 Å². The number of hydrogen-bond donors (Lipinski definition) is 3. The number of likely N-dealkylation sites (tertiary alicyclic amines) is 1. The highest BCUT2D eigenvalue weighted by Crippen LogP contribution is 2.33. The fourth-order valence-corrected chi connectivity index (χ4v) is 6.47. The Hall–Kier alpha value is -4.42. The van der Waals surface area contributed by atoms with Crippen LogP contribution < -0.4 is 20.7 Å². The number of hydrogen-bond acceptors (Lipinski definition) is 8. The molecule has 3 aliphatic heterocycles. The minimum Gasteiger partial charge on any atom is -0.490 e. The first-order valence-electron chi connectivity index (χ1n) is 15.5. The third kappa shape index (κ3) is 7.12. The number of amides is 4. The number of likely N-dealkylation sites (N-methyl/N-ethyl adjacent to an activating group) is 1. The standard InChI is InChI=1S/C33H40N6O6/c1-20-31(21(2)45-37-20)36-33(42)35-23-9-12-28-26(15-23)32(41)38(3)27-11-10-25(44-29(27)19-43-28)16-30(40)34-24-13-14-39(18-24)17-22-7-5-4-6-8-22/h4-9,12,15,24-25,27,29H,10-11,13-14,16-19H2,1-3H3,(H,34,40)(H2,35,36,42)/t24-,25+,27-,29+/m1/s1. The number of benzene rings is 2. The van der Waals surface area contributed by atoms with E-state index in [0.29, 0.717) is 47.0 Å². The molecule has 12 heteroatoms. The maximum Gasteiger partial charge on any atom is 0.323 e. The third-order valence-electron chi connectivity index (χ3n) is 8.84. The molecule has 2 fully saturated rings. The van der Waals surface area contributed by atoms with Gasteiger partial charge in [0.15, 0.2) is 5.76 Å². The molecular weight excluding hydrogens is 576 g/mol. The number of urea groups is 1. The molecule has 6 rings (SSSR count). The number of nitrogens with zero attached hydrogens (tertiary/aromatic N) is 3. The van der Waals surface area contributed by atoms with Crippen molar-refractivity contribution in [2.24, 2.45) is 0 Å². The molecule has 4 atom stereocenters. The second-order valence-electron chi connectivity index (χ2n) is 12.1. The minimum absolute atomic E-state index is 0.00929. The molecule has 2 aromatic carbocycles. The van der Waals surface area contributed by atoms with E-state index in [9.17, 15) is 14.4 Å². The van der Waals surface area contributed by atoms with Crippen LogP contribution in [0.2, 0.25) is 0 Å². The Morgan fingerprint density at radius 3 is 2.64 bits per heavy atom. The van der Waals surface area contributed by atoms with E-state index in [0.717, 1.165) is 26.1 Å². The fraction of sp³-hybridized carbons (Fsp3) is 0.455. The van der Waals surface area contributed by atoms with E-state index in [-0.39, 0.29) is 49.1 Å². The summed E-state index contributed by atoms with van der Waals surface area (Å²) >= 11 is 0. The van der Waals surface area contributed by atoms with Gasteiger partial charge in [0.25, 0.3) is 5.91 Å². The molecule has 0 spiro atoms. The summed E-state index contributed by atoms with van der Waals surface area (Å²) in [5.74, 6) is 0.671. The highest BCUT2D eigenvalue weighted by molar-refractivity contribution is 6.03. The van der Waals surface area contributed by atoms with Gasteiger partial charge in [0.05, 0.1) is 24.1 Å². The van der Waals surface area contributed by atoms with E-state index < -0.39 is 6.03 Å². The predicted octanol–water partition coefficient (Wildman–Crippen LogP) is 4.10. The molecule has 4 heterocycles. The lowest BCUT2D eigenvalue weighted by Crippen LogP contribution is -2.54. The van der Waals surface area contributed by atoms with Gasteiger partial charge in [-0.2, -0.15) is 0 Å². The van der Waals surface area contributed by atoms with E-state index in [4.69, 9.17) is 14.0 Å². The lowest BCUT2D eigenvalue weighted by atomic mass is 9.94. The lowest BCUT2D eigenvalue weighted by Gasteiger charge is -2.42. The summed E-state index contributed by atoms with van der Waals surface area (Å²) in [5, 5.41) is 12.5. The minimum atomic E-state index is -0.481. The Morgan fingerprint density at radius 1 is 1.04 bits per heavy atom. The first-order chi connectivity index (χ1) is 21.7. The van der Waals surface area contributed by atoms with Gasteiger partial charge in [-0.1, -0.05) is 35.5 Å². The SMILES string of the molecule is Cc1noc(C)c1NC(=O)Nc1ccc2c(c1)C(=O)N(C)[C@@H]1CC[C@@H](CC(=O)N[C@@H]3CCN(Cc4ccccc4)C3)O[C@H]1CO2. The molecule has 0 unspecified atom stereocenters. The van der Waals surface area contributed by atoms with Crippen molar-refractivity contribution < 1.29 is 28.4 Å². The van der Waals surface area contributed by atoms with Crippen LogP contribution >= 0.6 is 0 Å². The van der Waals surface area contributed by atoms with Gasteiger partial charge in [-0.3, -0.25) is 14.5 Å². The zero-order valence-electron chi connectivity index (χ0n) is 25.9. The van der Waals surface area contributed by atoms with Crippen molar-refractivity contribution in [3.05, 3.63) is 71.1 Å². The van der Waals surface area contributed by atoms with E-state index in [2.05, 4.69) is 38.1 Å². The molecule has 1 aromatic heterocycles. The Morgan fingerprint density at radius 2 is 1.87 bits per heavy atom. The second kappa shape index (κ2) is 13.3. The van der Waals surface area contributed by atoms with Crippen molar-refractivity contribution in [1.29, 1.82) is 0 Å². The predicted molar refractivity (Wildman–Crippen MR) is 167 cm³/mol. The quantitative estimate of drug-likeness (QED) is 0.361. The van der Waals surface area contributed by atoms with Crippen LogP contribution in [0.3, 0.4) is 0 Å². The Bertz CT molecular complexity index is 1520. The normalized spacial score (nSPS) is 23.3. The van der Waals surface area contributed by atoms with Gasteiger partial charge in [-0.05, 0) is 56.9 Å². The van der Waals surface area contributed by atoms with Gasteiger partial charge >= 0.3 is 6.03 Å². The number of rotatable bonds is 7. The molecule has 3 aromatic rings. The maximum absolute atomic E-state index is 13.6. The Balaban J connectivity index is 1.02. The summed E-state index contributed by atoms with van der Waals surface area (Å²) in [4.78, 5) is 43.3. The Labute approximate surface area is 262 Å². The summed E-state index contributed by atoms with van der Waals surface area (Å²) in [7, 11) is 1.76. The van der Waals surface area contributed by atoms with Crippen LogP contribution in [0.5, 0.6) is 5.75 Å². The average molecular weight is 617 g/mol. The number of nitrogens with one attached hydrogen (secondary N) is 3. The summed E-state index contributed by atoms with van der Waals surface area (Å²) < 4.78 is 17.6. The van der Waals surface area contributed by atoms with Crippen molar-refractivity contribution >= 4 is 29.2 Å². The average Bonchev–Trinajstić information content (AvgIpc) is 3.60. The number of fused-ring (bicyclic) bond motifs is 2. The van der Waals surface area contributed by atoms with Crippen molar-refractivity contribution in [3.63, 3.8) is 0 Å². The number of anilines is 2. The largest absolute Gasteiger partial charge is 0.490 e. The van der Waals surface area contributed by atoms with Gasteiger partial charge in [0, 0.05) is 38.4 Å². The first-order valence-corrected chi connectivity index (χ1v) is 15.5. The maximum atomic E-state index is 13.6.